The van der Waals surface area contributed by atoms with E-state index in [2.05, 4.69) is 32.1 Å². The summed E-state index contributed by atoms with van der Waals surface area (Å²) in [5, 5.41) is 7.67. The fourth-order valence-corrected chi connectivity index (χ4v) is 3.75. The van der Waals surface area contributed by atoms with Crippen molar-refractivity contribution < 1.29 is 4.74 Å². The van der Waals surface area contributed by atoms with Gasteiger partial charge in [-0.25, -0.2) is 4.98 Å². The molecule has 2 aromatic rings. The van der Waals surface area contributed by atoms with Gasteiger partial charge in [0.15, 0.2) is 0 Å². The fourth-order valence-electron chi connectivity index (χ4n) is 3.75. The van der Waals surface area contributed by atoms with E-state index in [0.717, 1.165) is 55.3 Å². The highest BCUT2D eigenvalue weighted by molar-refractivity contribution is 5.35. The number of nitrogens with one attached hydrogen (secondary N) is 1. The monoisotopic (exact) mass is 313 g/mol. The summed E-state index contributed by atoms with van der Waals surface area (Å²) >= 11 is 0. The van der Waals surface area contributed by atoms with Crippen LogP contribution in [0.2, 0.25) is 0 Å². The standard InChI is InChI=1S/C17H23N5O/c1-10-14-7-12(23-17(14)19-11(2)18-10)8-22(3)9-16-13-5-4-6-15(13)20-21-16/h12H,4-9H2,1-3H3,(H,20,21)/t12-/m0/s1. The molecule has 6 heteroatoms. The summed E-state index contributed by atoms with van der Waals surface area (Å²) in [7, 11) is 2.13. The minimum absolute atomic E-state index is 0.150. The van der Waals surface area contributed by atoms with Crippen LogP contribution in [0.25, 0.3) is 0 Å². The van der Waals surface area contributed by atoms with Gasteiger partial charge in [0.05, 0.1) is 5.69 Å². The van der Waals surface area contributed by atoms with Crippen molar-refractivity contribution >= 4 is 0 Å². The summed E-state index contributed by atoms with van der Waals surface area (Å²) in [6.45, 7) is 5.69. The fraction of sp³-hybridized carbons (Fsp3) is 0.588. The summed E-state index contributed by atoms with van der Waals surface area (Å²) in [4.78, 5) is 11.2. The minimum atomic E-state index is 0.150. The molecular formula is C17H23N5O. The average molecular weight is 313 g/mol. The third-order valence-electron chi connectivity index (χ3n) is 4.82. The lowest BCUT2D eigenvalue weighted by Gasteiger charge is -2.20. The van der Waals surface area contributed by atoms with E-state index < -0.39 is 0 Å². The molecule has 1 atom stereocenters. The lowest BCUT2D eigenvalue weighted by atomic mass is 10.1. The second-order valence-electron chi connectivity index (χ2n) is 6.76. The third kappa shape index (κ3) is 2.72. The molecule has 0 spiro atoms. The van der Waals surface area contributed by atoms with E-state index in [1.807, 2.05) is 13.8 Å². The first-order valence-electron chi connectivity index (χ1n) is 8.34. The van der Waals surface area contributed by atoms with Gasteiger partial charge < -0.3 is 4.74 Å². The Morgan fingerprint density at radius 2 is 2.09 bits per heavy atom. The van der Waals surface area contributed by atoms with Gasteiger partial charge in [-0.1, -0.05) is 0 Å². The largest absolute Gasteiger partial charge is 0.472 e. The lowest BCUT2D eigenvalue weighted by Crippen LogP contribution is -2.32. The van der Waals surface area contributed by atoms with Crippen molar-refractivity contribution in [3.63, 3.8) is 0 Å². The number of hydrogen-bond donors (Lipinski definition) is 1. The Labute approximate surface area is 136 Å². The van der Waals surface area contributed by atoms with Gasteiger partial charge in [0.2, 0.25) is 5.88 Å². The highest BCUT2D eigenvalue weighted by Gasteiger charge is 2.28. The maximum atomic E-state index is 6.03. The number of aromatic nitrogens is 4. The van der Waals surface area contributed by atoms with Gasteiger partial charge in [0.25, 0.3) is 0 Å². The van der Waals surface area contributed by atoms with E-state index in [1.54, 1.807) is 0 Å². The van der Waals surface area contributed by atoms with E-state index in [4.69, 9.17) is 4.74 Å². The number of fused-ring (bicyclic) bond motifs is 2. The molecule has 1 aliphatic heterocycles. The molecule has 1 N–H and O–H groups in total. The maximum absolute atomic E-state index is 6.03. The van der Waals surface area contributed by atoms with E-state index in [9.17, 15) is 0 Å². The number of aromatic amines is 1. The van der Waals surface area contributed by atoms with E-state index >= 15 is 0 Å². The van der Waals surface area contributed by atoms with Crippen LogP contribution in [0.4, 0.5) is 0 Å². The van der Waals surface area contributed by atoms with Gasteiger partial charge in [0, 0.05) is 36.5 Å². The molecule has 0 unspecified atom stereocenters. The molecule has 23 heavy (non-hydrogen) atoms. The Balaban J connectivity index is 1.40. The predicted molar refractivity (Wildman–Crippen MR) is 86.6 cm³/mol. The molecule has 0 radical (unpaired) electrons. The van der Waals surface area contributed by atoms with Gasteiger partial charge >= 0.3 is 0 Å². The predicted octanol–water partition coefficient (Wildman–Crippen LogP) is 1.74. The second kappa shape index (κ2) is 5.60. The summed E-state index contributed by atoms with van der Waals surface area (Å²) in [6, 6.07) is 0. The van der Waals surface area contributed by atoms with Gasteiger partial charge in [-0.3, -0.25) is 10.00 Å². The van der Waals surface area contributed by atoms with E-state index in [1.165, 1.54) is 23.4 Å². The molecule has 2 aliphatic rings. The Bertz CT molecular complexity index is 739. The first-order valence-corrected chi connectivity index (χ1v) is 8.34. The number of rotatable bonds is 4. The molecule has 6 nitrogen and oxygen atoms in total. The van der Waals surface area contributed by atoms with E-state index in [0.29, 0.717) is 0 Å². The number of hydrogen-bond acceptors (Lipinski definition) is 5. The summed E-state index contributed by atoms with van der Waals surface area (Å²) in [5.41, 5.74) is 6.17. The van der Waals surface area contributed by atoms with Gasteiger partial charge in [-0.2, -0.15) is 10.1 Å². The molecular weight excluding hydrogens is 290 g/mol. The van der Waals surface area contributed by atoms with Crippen molar-refractivity contribution in [2.45, 2.75) is 52.2 Å². The van der Waals surface area contributed by atoms with Crippen LogP contribution < -0.4 is 4.74 Å². The Kier molecular flexibility index (Phi) is 3.56. The highest BCUT2D eigenvalue weighted by Crippen LogP contribution is 2.29. The molecule has 0 saturated heterocycles. The Morgan fingerprint density at radius 3 is 2.96 bits per heavy atom. The Morgan fingerprint density at radius 1 is 1.22 bits per heavy atom. The maximum Gasteiger partial charge on any atom is 0.220 e. The second-order valence-corrected chi connectivity index (χ2v) is 6.76. The average Bonchev–Trinajstić information content (AvgIpc) is 3.15. The zero-order valence-electron chi connectivity index (χ0n) is 14.0. The van der Waals surface area contributed by atoms with Crippen molar-refractivity contribution in [3.8, 4) is 5.88 Å². The van der Waals surface area contributed by atoms with Crippen molar-refractivity contribution in [2.75, 3.05) is 13.6 Å². The smallest absolute Gasteiger partial charge is 0.220 e. The van der Waals surface area contributed by atoms with Crippen LogP contribution in [-0.2, 0) is 25.8 Å². The molecule has 0 amide bonds. The SMILES string of the molecule is Cc1nc(C)c2c(n1)O[C@H](CN(C)Cc1n[nH]c3c1CCC3)C2. The molecule has 2 aromatic heterocycles. The number of likely N-dealkylation sites (N-methyl/N-ethyl adjacent to an activating group) is 1. The molecule has 3 heterocycles. The molecule has 122 valence electrons. The zero-order valence-corrected chi connectivity index (χ0v) is 14.0. The lowest BCUT2D eigenvalue weighted by molar-refractivity contribution is 0.159. The van der Waals surface area contributed by atoms with Crippen molar-refractivity contribution in [3.05, 3.63) is 34.0 Å². The normalized spacial score (nSPS) is 19.0. The number of H-pyrrole nitrogens is 1. The third-order valence-corrected chi connectivity index (χ3v) is 4.82. The highest BCUT2D eigenvalue weighted by atomic mass is 16.5. The summed E-state index contributed by atoms with van der Waals surface area (Å²) in [5.74, 6) is 1.55. The Hall–Kier alpha value is -1.95. The topological polar surface area (TPSA) is 66.9 Å². The molecule has 1 aliphatic carbocycles. The molecule has 0 fully saturated rings. The molecule has 0 saturated carbocycles. The number of aryl methyl sites for hydroxylation is 3. The number of nitrogens with zero attached hydrogens (tertiary/aromatic N) is 4. The zero-order chi connectivity index (χ0) is 16.0. The van der Waals surface area contributed by atoms with Crippen LogP contribution in [-0.4, -0.2) is 44.8 Å². The van der Waals surface area contributed by atoms with Crippen LogP contribution in [0, 0.1) is 13.8 Å². The molecule has 4 rings (SSSR count). The van der Waals surface area contributed by atoms with Gasteiger partial charge in [-0.05, 0) is 45.7 Å². The molecule has 0 aromatic carbocycles. The summed E-state index contributed by atoms with van der Waals surface area (Å²) < 4.78 is 6.03. The quantitative estimate of drug-likeness (QED) is 0.931. The van der Waals surface area contributed by atoms with Crippen LogP contribution in [0.3, 0.4) is 0 Å². The van der Waals surface area contributed by atoms with Crippen molar-refractivity contribution in [2.24, 2.45) is 0 Å². The summed E-state index contributed by atoms with van der Waals surface area (Å²) in [6.07, 6.45) is 4.60. The van der Waals surface area contributed by atoms with Crippen molar-refractivity contribution in [1.82, 2.24) is 25.1 Å². The first kappa shape index (κ1) is 14.6. The molecule has 0 bridgehead atoms. The number of ether oxygens (including phenoxy) is 1. The van der Waals surface area contributed by atoms with Crippen molar-refractivity contribution in [1.29, 1.82) is 0 Å². The van der Waals surface area contributed by atoms with Crippen LogP contribution in [0.1, 0.15) is 40.5 Å². The van der Waals surface area contributed by atoms with Crippen LogP contribution in [0.5, 0.6) is 5.88 Å². The van der Waals surface area contributed by atoms with Crippen LogP contribution in [0.15, 0.2) is 0 Å². The van der Waals surface area contributed by atoms with Crippen LogP contribution >= 0.6 is 0 Å². The first-order chi connectivity index (χ1) is 11.1. The van der Waals surface area contributed by atoms with E-state index in [-0.39, 0.29) is 6.10 Å². The van der Waals surface area contributed by atoms with Gasteiger partial charge in [0.1, 0.15) is 11.9 Å². The van der Waals surface area contributed by atoms with Gasteiger partial charge in [-0.15, -0.1) is 0 Å². The minimum Gasteiger partial charge on any atom is -0.472 e.